The zero-order chi connectivity index (χ0) is 10.7. The average Bonchev–Trinajstić information content (AvgIpc) is 2.69. The second kappa shape index (κ2) is 4.29. The molecule has 2 N–H and O–H groups in total. The summed E-state index contributed by atoms with van der Waals surface area (Å²) in [4.78, 5) is 0. The van der Waals surface area contributed by atoms with E-state index in [1.54, 1.807) is 6.07 Å². The summed E-state index contributed by atoms with van der Waals surface area (Å²) in [6.07, 6.45) is 1.52. The van der Waals surface area contributed by atoms with Crippen LogP contribution in [-0.4, -0.2) is 24.8 Å². The summed E-state index contributed by atoms with van der Waals surface area (Å²) in [5, 5.41) is 12.3. The minimum Gasteiger partial charge on any atom is -0.396 e. The van der Waals surface area contributed by atoms with Crippen molar-refractivity contribution in [3.8, 4) is 0 Å². The van der Waals surface area contributed by atoms with Gasteiger partial charge in [-0.3, -0.25) is 0 Å². The van der Waals surface area contributed by atoms with E-state index in [2.05, 4.69) is 5.32 Å². The van der Waals surface area contributed by atoms with Gasteiger partial charge in [0.15, 0.2) is 0 Å². The zero-order valence-corrected chi connectivity index (χ0v) is 8.67. The van der Waals surface area contributed by atoms with Gasteiger partial charge in [-0.25, -0.2) is 4.39 Å². The lowest BCUT2D eigenvalue weighted by Crippen LogP contribution is -2.31. The van der Waals surface area contributed by atoms with Crippen LogP contribution >= 0.6 is 0 Å². The second-order valence-electron chi connectivity index (χ2n) is 4.16. The molecule has 1 fully saturated rings. The first-order valence-electron chi connectivity index (χ1n) is 5.35. The topological polar surface area (TPSA) is 32.3 Å². The Bertz CT molecular complexity index is 334. The van der Waals surface area contributed by atoms with Crippen molar-refractivity contribution in [3.05, 3.63) is 35.6 Å². The fourth-order valence-corrected chi connectivity index (χ4v) is 2.43. The van der Waals surface area contributed by atoms with Gasteiger partial charge in [0.05, 0.1) is 0 Å². The quantitative estimate of drug-likeness (QED) is 0.789. The molecule has 3 heteroatoms. The van der Waals surface area contributed by atoms with Crippen LogP contribution in [0.25, 0.3) is 0 Å². The molecule has 15 heavy (non-hydrogen) atoms. The fraction of sp³-hybridized carbons (Fsp3) is 0.500. The lowest BCUT2D eigenvalue weighted by atomic mass is 9.77. The molecule has 0 aromatic heterocycles. The maximum atomic E-state index is 13.7. The molecule has 2 rings (SSSR count). The Morgan fingerprint density at radius 2 is 2.20 bits per heavy atom. The highest BCUT2D eigenvalue weighted by Gasteiger charge is 2.36. The summed E-state index contributed by atoms with van der Waals surface area (Å²) in [5.74, 6) is -0.158. The summed E-state index contributed by atoms with van der Waals surface area (Å²) in [7, 11) is 0. The molecule has 1 saturated heterocycles. The number of hydrogen-bond donors (Lipinski definition) is 2. The Morgan fingerprint density at radius 3 is 2.80 bits per heavy atom. The van der Waals surface area contributed by atoms with Crippen molar-refractivity contribution >= 4 is 0 Å². The third-order valence-electron chi connectivity index (χ3n) is 3.28. The van der Waals surface area contributed by atoms with E-state index < -0.39 is 0 Å². The number of aliphatic hydroxyl groups is 1. The van der Waals surface area contributed by atoms with Crippen molar-refractivity contribution in [2.75, 3.05) is 19.7 Å². The van der Waals surface area contributed by atoms with Crippen molar-refractivity contribution < 1.29 is 9.50 Å². The zero-order valence-electron chi connectivity index (χ0n) is 8.67. The lowest BCUT2D eigenvalue weighted by Gasteiger charge is -2.28. The van der Waals surface area contributed by atoms with Crippen LogP contribution < -0.4 is 5.32 Å². The Balaban J connectivity index is 2.36. The van der Waals surface area contributed by atoms with E-state index in [0.717, 1.165) is 25.1 Å². The summed E-state index contributed by atoms with van der Waals surface area (Å²) in [6.45, 7) is 1.76. The van der Waals surface area contributed by atoms with Gasteiger partial charge in [-0.15, -0.1) is 0 Å². The number of nitrogens with one attached hydrogen (secondary N) is 1. The van der Waals surface area contributed by atoms with Crippen LogP contribution in [0.2, 0.25) is 0 Å². The van der Waals surface area contributed by atoms with Gasteiger partial charge in [-0.05, 0) is 31.0 Å². The summed E-state index contributed by atoms with van der Waals surface area (Å²) < 4.78 is 13.7. The van der Waals surface area contributed by atoms with Crippen LogP contribution in [0.3, 0.4) is 0 Å². The molecule has 0 amide bonds. The van der Waals surface area contributed by atoms with Crippen molar-refractivity contribution in [2.24, 2.45) is 0 Å². The first kappa shape index (κ1) is 10.6. The van der Waals surface area contributed by atoms with Crippen LogP contribution in [-0.2, 0) is 5.41 Å². The molecule has 82 valence electrons. The molecule has 2 nitrogen and oxygen atoms in total. The largest absolute Gasteiger partial charge is 0.396 e. The van der Waals surface area contributed by atoms with E-state index in [1.165, 1.54) is 6.07 Å². The van der Waals surface area contributed by atoms with E-state index in [1.807, 2.05) is 12.1 Å². The van der Waals surface area contributed by atoms with E-state index in [-0.39, 0.29) is 17.8 Å². The highest BCUT2D eigenvalue weighted by atomic mass is 19.1. The number of hydrogen-bond acceptors (Lipinski definition) is 2. The molecule has 1 atom stereocenters. The Morgan fingerprint density at radius 1 is 1.40 bits per heavy atom. The van der Waals surface area contributed by atoms with Gasteiger partial charge in [0.1, 0.15) is 5.82 Å². The predicted molar refractivity (Wildman–Crippen MR) is 57.3 cm³/mol. The van der Waals surface area contributed by atoms with E-state index in [4.69, 9.17) is 5.11 Å². The van der Waals surface area contributed by atoms with Gasteiger partial charge in [0, 0.05) is 18.6 Å². The molecule has 1 heterocycles. The minimum absolute atomic E-state index is 0.107. The summed E-state index contributed by atoms with van der Waals surface area (Å²) >= 11 is 0. The van der Waals surface area contributed by atoms with Gasteiger partial charge in [0.2, 0.25) is 0 Å². The van der Waals surface area contributed by atoms with Gasteiger partial charge >= 0.3 is 0 Å². The third kappa shape index (κ3) is 1.90. The van der Waals surface area contributed by atoms with Crippen molar-refractivity contribution in [1.82, 2.24) is 5.32 Å². The van der Waals surface area contributed by atoms with E-state index in [0.29, 0.717) is 6.42 Å². The Kier molecular flexibility index (Phi) is 3.03. The van der Waals surface area contributed by atoms with Crippen molar-refractivity contribution in [1.29, 1.82) is 0 Å². The highest BCUT2D eigenvalue weighted by molar-refractivity contribution is 5.29. The maximum Gasteiger partial charge on any atom is 0.127 e. The first-order valence-corrected chi connectivity index (χ1v) is 5.35. The Hall–Kier alpha value is -0.930. The normalized spacial score (nSPS) is 25.7. The molecule has 0 radical (unpaired) electrons. The molecule has 1 unspecified atom stereocenters. The molecule has 1 aliphatic rings. The van der Waals surface area contributed by atoms with Gasteiger partial charge < -0.3 is 10.4 Å². The van der Waals surface area contributed by atoms with E-state index >= 15 is 0 Å². The monoisotopic (exact) mass is 209 g/mol. The van der Waals surface area contributed by atoms with Gasteiger partial charge in [0.25, 0.3) is 0 Å². The van der Waals surface area contributed by atoms with Crippen LogP contribution in [0.4, 0.5) is 4.39 Å². The standard InChI is InChI=1S/C12H16FNO/c13-11-4-2-1-3-10(11)12(6-8-15)5-7-14-9-12/h1-4,14-15H,5-9H2. The predicted octanol–water partition coefficient (Wildman–Crippen LogP) is 1.44. The summed E-state index contributed by atoms with van der Waals surface area (Å²) in [6, 6.07) is 6.88. The molecule has 0 spiro atoms. The first-order chi connectivity index (χ1) is 7.28. The average molecular weight is 209 g/mol. The maximum absolute atomic E-state index is 13.7. The molecule has 0 saturated carbocycles. The van der Waals surface area contributed by atoms with Gasteiger partial charge in [-0.1, -0.05) is 18.2 Å². The number of aliphatic hydroxyl groups excluding tert-OH is 1. The third-order valence-corrected chi connectivity index (χ3v) is 3.28. The molecule has 1 aromatic carbocycles. The molecular formula is C12H16FNO. The molecule has 1 aliphatic heterocycles. The second-order valence-corrected chi connectivity index (χ2v) is 4.16. The highest BCUT2D eigenvalue weighted by Crippen LogP contribution is 2.35. The molecule has 0 bridgehead atoms. The minimum atomic E-state index is -0.208. The van der Waals surface area contributed by atoms with E-state index in [9.17, 15) is 4.39 Å². The molecular weight excluding hydrogens is 193 g/mol. The van der Waals surface area contributed by atoms with Crippen LogP contribution in [0.5, 0.6) is 0 Å². The van der Waals surface area contributed by atoms with Crippen LogP contribution in [0, 0.1) is 5.82 Å². The van der Waals surface area contributed by atoms with Crippen LogP contribution in [0.1, 0.15) is 18.4 Å². The number of halogens is 1. The Labute approximate surface area is 89.1 Å². The van der Waals surface area contributed by atoms with Gasteiger partial charge in [-0.2, -0.15) is 0 Å². The van der Waals surface area contributed by atoms with Crippen molar-refractivity contribution in [2.45, 2.75) is 18.3 Å². The van der Waals surface area contributed by atoms with Crippen molar-refractivity contribution in [3.63, 3.8) is 0 Å². The summed E-state index contributed by atoms with van der Waals surface area (Å²) in [5.41, 5.74) is 0.532. The number of benzene rings is 1. The fourth-order valence-electron chi connectivity index (χ4n) is 2.43. The molecule has 1 aromatic rings. The lowest BCUT2D eigenvalue weighted by molar-refractivity contribution is 0.241. The van der Waals surface area contributed by atoms with Crippen LogP contribution in [0.15, 0.2) is 24.3 Å². The number of rotatable bonds is 3. The SMILES string of the molecule is OCCC1(c2ccccc2F)CCNC1. The smallest absolute Gasteiger partial charge is 0.127 e. The molecule has 0 aliphatic carbocycles.